The van der Waals surface area contributed by atoms with Crippen molar-refractivity contribution < 1.29 is 4.79 Å². The molecule has 4 rings (SSSR count). The summed E-state index contributed by atoms with van der Waals surface area (Å²) < 4.78 is 0. The Hall–Kier alpha value is -2.46. The maximum atomic E-state index is 13.2. The zero-order valence-corrected chi connectivity index (χ0v) is 15.8. The monoisotopic (exact) mass is 362 g/mol. The minimum absolute atomic E-state index is 0.0598. The molecule has 0 bridgehead atoms. The Morgan fingerprint density at radius 1 is 0.962 bits per heavy atom. The third-order valence-electron chi connectivity index (χ3n) is 4.81. The molecule has 0 atom stereocenters. The van der Waals surface area contributed by atoms with Crippen LogP contribution < -0.4 is 4.90 Å². The van der Waals surface area contributed by atoms with Crippen LogP contribution >= 0.6 is 11.3 Å². The number of nitrogens with zero attached hydrogens (tertiary/aromatic N) is 2. The van der Waals surface area contributed by atoms with E-state index in [0.29, 0.717) is 0 Å². The molecule has 0 N–H and O–H groups in total. The molecule has 132 valence electrons. The van der Waals surface area contributed by atoms with Crippen LogP contribution in [-0.4, -0.2) is 23.9 Å². The Bertz CT molecular complexity index is 894. The summed E-state index contributed by atoms with van der Waals surface area (Å²) in [6.45, 7) is 4.09. The molecule has 2 heterocycles. The van der Waals surface area contributed by atoms with E-state index in [4.69, 9.17) is 4.98 Å². The number of piperidine rings is 1. The molecular formula is C22H22N2OS. The second kappa shape index (κ2) is 7.42. The number of aryl methyl sites for hydroxylation is 1. The number of hydrogen-bond acceptors (Lipinski definition) is 4. The number of carbonyl (C=O) groups is 1. The maximum absolute atomic E-state index is 13.2. The number of thiazole rings is 1. The van der Waals surface area contributed by atoms with E-state index in [-0.39, 0.29) is 5.78 Å². The number of rotatable bonds is 4. The summed E-state index contributed by atoms with van der Waals surface area (Å²) in [6, 6.07) is 17.8. The Morgan fingerprint density at radius 2 is 1.65 bits per heavy atom. The van der Waals surface area contributed by atoms with Crippen LogP contribution in [0.5, 0.6) is 0 Å². The van der Waals surface area contributed by atoms with Crippen LogP contribution in [0.1, 0.15) is 40.1 Å². The lowest BCUT2D eigenvalue weighted by molar-refractivity contribution is 0.104. The van der Waals surface area contributed by atoms with Crippen LogP contribution in [0.3, 0.4) is 0 Å². The molecule has 0 radical (unpaired) electrons. The number of aromatic nitrogens is 1. The molecule has 1 aliphatic heterocycles. The highest BCUT2D eigenvalue weighted by Gasteiger charge is 2.24. The van der Waals surface area contributed by atoms with E-state index in [1.165, 1.54) is 30.6 Å². The minimum atomic E-state index is 0.0598. The average Bonchev–Trinajstić information content (AvgIpc) is 3.15. The smallest absolute Gasteiger partial charge is 0.205 e. The van der Waals surface area contributed by atoms with E-state index in [0.717, 1.165) is 45.5 Å². The number of anilines is 1. The maximum Gasteiger partial charge on any atom is 0.205 e. The zero-order chi connectivity index (χ0) is 17.9. The largest absolute Gasteiger partial charge is 0.348 e. The third-order valence-corrected chi connectivity index (χ3v) is 5.92. The van der Waals surface area contributed by atoms with Gasteiger partial charge in [-0.2, -0.15) is 0 Å². The van der Waals surface area contributed by atoms with Crippen LogP contribution in [0.2, 0.25) is 0 Å². The number of carbonyl (C=O) groups excluding carboxylic acids is 1. The molecule has 0 amide bonds. The van der Waals surface area contributed by atoms with E-state index in [9.17, 15) is 4.79 Å². The van der Waals surface area contributed by atoms with Gasteiger partial charge in [-0.15, -0.1) is 0 Å². The van der Waals surface area contributed by atoms with Gasteiger partial charge in [0.15, 0.2) is 5.13 Å². The van der Waals surface area contributed by atoms with Gasteiger partial charge in [-0.1, -0.05) is 71.5 Å². The third kappa shape index (κ3) is 3.42. The molecule has 3 nitrogen and oxygen atoms in total. The lowest BCUT2D eigenvalue weighted by Crippen LogP contribution is -2.29. The Morgan fingerprint density at radius 3 is 2.35 bits per heavy atom. The van der Waals surface area contributed by atoms with Gasteiger partial charge in [0.2, 0.25) is 5.78 Å². The number of ketones is 1. The van der Waals surface area contributed by atoms with Crippen molar-refractivity contribution in [2.24, 2.45) is 0 Å². The molecule has 0 spiro atoms. The van der Waals surface area contributed by atoms with Gasteiger partial charge < -0.3 is 4.90 Å². The fraction of sp³-hybridized carbons (Fsp3) is 0.273. The molecule has 1 fully saturated rings. The topological polar surface area (TPSA) is 33.2 Å². The second-order valence-corrected chi connectivity index (χ2v) is 7.76. The summed E-state index contributed by atoms with van der Waals surface area (Å²) in [7, 11) is 0. The van der Waals surface area contributed by atoms with E-state index < -0.39 is 0 Å². The molecule has 3 aromatic rings. The fourth-order valence-electron chi connectivity index (χ4n) is 3.31. The predicted octanol–water partition coefficient (Wildman–Crippen LogP) is 5.34. The highest BCUT2D eigenvalue weighted by atomic mass is 32.1. The summed E-state index contributed by atoms with van der Waals surface area (Å²) in [6.07, 6.45) is 3.67. The van der Waals surface area contributed by atoms with E-state index in [1.54, 1.807) is 0 Å². The highest BCUT2D eigenvalue weighted by Crippen LogP contribution is 2.35. The van der Waals surface area contributed by atoms with Crippen LogP contribution in [-0.2, 0) is 0 Å². The van der Waals surface area contributed by atoms with Gasteiger partial charge in [-0.05, 0) is 26.2 Å². The lowest BCUT2D eigenvalue weighted by Gasteiger charge is -2.25. The summed E-state index contributed by atoms with van der Waals surface area (Å²) in [5.74, 6) is 0.0598. The molecule has 1 aliphatic rings. The molecule has 4 heteroatoms. The zero-order valence-electron chi connectivity index (χ0n) is 14.9. The van der Waals surface area contributed by atoms with Crippen molar-refractivity contribution in [2.75, 3.05) is 18.0 Å². The first-order valence-electron chi connectivity index (χ1n) is 9.15. The second-order valence-electron chi connectivity index (χ2n) is 6.78. The van der Waals surface area contributed by atoms with Gasteiger partial charge in [0.05, 0.1) is 5.69 Å². The molecule has 1 aromatic heterocycles. The summed E-state index contributed by atoms with van der Waals surface area (Å²) in [4.78, 5) is 21.2. The minimum Gasteiger partial charge on any atom is -0.348 e. The molecule has 0 aliphatic carbocycles. The van der Waals surface area contributed by atoms with E-state index >= 15 is 0 Å². The lowest BCUT2D eigenvalue weighted by atomic mass is 10.0. The number of benzene rings is 2. The van der Waals surface area contributed by atoms with Gasteiger partial charge in [0, 0.05) is 24.2 Å². The van der Waals surface area contributed by atoms with Crippen LogP contribution in [0, 0.1) is 6.92 Å². The van der Waals surface area contributed by atoms with Crippen molar-refractivity contribution in [2.45, 2.75) is 26.2 Å². The molecular weight excluding hydrogens is 340 g/mol. The van der Waals surface area contributed by atoms with Crippen molar-refractivity contribution in [1.29, 1.82) is 0 Å². The highest BCUT2D eigenvalue weighted by molar-refractivity contribution is 7.18. The van der Waals surface area contributed by atoms with Gasteiger partial charge >= 0.3 is 0 Å². The Kier molecular flexibility index (Phi) is 4.85. The molecule has 2 aromatic carbocycles. The molecule has 26 heavy (non-hydrogen) atoms. The standard InChI is InChI=1S/C22H22N2OS/c1-16-10-12-18(13-11-16)20(25)21-19(17-8-4-2-5-9-17)23-22(26-21)24-14-6-3-7-15-24/h2,4-5,8-13H,3,6-7,14-15H2,1H3. The Labute approximate surface area is 158 Å². The molecule has 0 unspecified atom stereocenters. The van der Waals surface area contributed by atoms with Crippen molar-refractivity contribution in [3.63, 3.8) is 0 Å². The van der Waals surface area contributed by atoms with Gasteiger partial charge in [-0.3, -0.25) is 4.79 Å². The van der Waals surface area contributed by atoms with Crippen LogP contribution in [0.25, 0.3) is 11.3 Å². The van der Waals surface area contributed by atoms with Crippen LogP contribution in [0.15, 0.2) is 54.6 Å². The SMILES string of the molecule is Cc1ccc(C(=O)c2sc(N3CCCCC3)nc2-c2ccccc2)cc1. The van der Waals surface area contributed by atoms with Gasteiger partial charge in [0.25, 0.3) is 0 Å². The normalized spacial score (nSPS) is 14.4. The fourth-order valence-corrected chi connectivity index (χ4v) is 4.41. The van der Waals surface area contributed by atoms with Crippen LogP contribution in [0.4, 0.5) is 5.13 Å². The predicted molar refractivity (Wildman–Crippen MR) is 108 cm³/mol. The van der Waals surface area contributed by atoms with Gasteiger partial charge in [-0.25, -0.2) is 4.98 Å². The average molecular weight is 362 g/mol. The van der Waals surface area contributed by atoms with Crippen molar-refractivity contribution in [3.8, 4) is 11.3 Å². The molecule has 1 saturated heterocycles. The first kappa shape index (κ1) is 17.0. The molecule has 0 saturated carbocycles. The first-order chi connectivity index (χ1) is 12.7. The van der Waals surface area contributed by atoms with Crippen molar-refractivity contribution >= 4 is 22.3 Å². The summed E-state index contributed by atoms with van der Waals surface area (Å²) in [5, 5.41) is 0.971. The van der Waals surface area contributed by atoms with E-state index in [2.05, 4.69) is 4.90 Å². The van der Waals surface area contributed by atoms with E-state index in [1.807, 2.05) is 61.5 Å². The first-order valence-corrected chi connectivity index (χ1v) is 9.96. The van der Waals surface area contributed by atoms with Gasteiger partial charge in [0.1, 0.15) is 4.88 Å². The van der Waals surface area contributed by atoms with Crippen molar-refractivity contribution in [1.82, 2.24) is 4.98 Å². The summed E-state index contributed by atoms with van der Waals surface area (Å²) >= 11 is 1.53. The van der Waals surface area contributed by atoms with Crippen molar-refractivity contribution in [3.05, 3.63) is 70.6 Å². The quantitative estimate of drug-likeness (QED) is 0.587. The Balaban J connectivity index is 1.77. The summed E-state index contributed by atoms with van der Waals surface area (Å²) in [5.41, 5.74) is 3.69. The number of hydrogen-bond donors (Lipinski definition) is 0.